The maximum atomic E-state index is 14.9. The lowest BCUT2D eigenvalue weighted by molar-refractivity contribution is -0.131. The van der Waals surface area contributed by atoms with Crippen LogP contribution in [0.4, 0.5) is 4.39 Å². The number of carboxylic acid groups (broad SMARTS) is 1. The largest absolute Gasteiger partial charge is 0.478 e. The topological polar surface area (TPSA) is 86.1 Å². The first-order valence-electron chi connectivity index (χ1n) is 14.4. The molecule has 0 saturated carbocycles. The summed E-state index contributed by atoms with van der Waals surface area (Å²) in [5, 5.41) is 9.12. The van der Waals surface area contributed by atoms with Gasteiger partial charge in [0.25, 0.3) is 5.79 Å². The van der Waals surface area contributed by atoms with Gasteiger partial charge in [-0.25, -0.2) is 14.2 Å². The van der Waals surface area contributed by atoms with Gasteiger partial charge in [0, 0.05) is 25.2 Å². The number of piperidine rings is 1. The fraction of sp³-hybridized carbons (Fsp3) is 0.438. The average Bonchev–Trinajstić information content (AvgIpc) is 3.67. The number of hydrogen-bond donors (Lipinski definition) is 1. The summed E-state index contributed by atoms with van der Waals surface area (Å²) in [5.41, 5.74) is 3.11. The number of fused-ring (bicyclic) bond motifs is 1. The van der Waals surface area contributed by atoms with Gasteiger partial charge in [-0.3, -0.25) is 4.90 Å². The van der Waals surface area contributed by atoms with E-state index in [1.165, 1.54) is 6.07 Å². The second-order valence-electron chi connectivity index (χ2n) is 11.4. The molecule has 41 heavy (non-hydrogen) atoms. The lowest BCUT2D eigenvalue weighted by atomic mass is 9.88. The molecule has 3 aliphatic heterocycles. The molecule has 2 fully saturated rings. The van der Waals surface area contributed by atoms with E-state index in [-0.39, 0.29) is 17.8 Å². The number of aryl methyl sites for hydroxylation is 1. The van der Waals surface area contributed by atoms with E-state index in [0.717, 1.165) is 74.1 Å². The van der Waals surface area contributed by atoms with Crippen LogP contribution < -0.4 is 9.47 Å². The van der Waals surface area contributed by atoms with Crippen LogP contribution in [0.1, 0.15) is 66.7 Å². The van der Waals surface area contributed by atoms with Crippen molar-refractivity contribution in [3.63, 3.8) is 0 Å². The van der Waals surface area contributed by atoms with Gasteiger partial charge in [-0.1, -0.05) is 18.2 Å². The molecule has 0 spiro atoms. The Morgan fingerprint density at radius 3 is 2.76 bits per heavy atom. The molecule has 6 rings (SSSR count). The first-order valence-corrected chi connectivity index (χ1v) is 14.4. The third-order valence-corrected chi connectivity index (χ3v) is 8.39. The van der Waals surface area contributed by atoms with Crippen molar-refractivity contribution in [3.05, 3.63) is 82.7 Å². The highest BCUT2D eigenvalue weighted by Crippen LogP contribution is 2.49. The Kier molecular flexibility index (Phi) is 7.57. The van der Waals surface area contributed by atoms with Crippen molar-refractivity contribution in [3.8, 4) is 11.5 Å². The molecule has 0 amide bonds. The van der Waals surface area contributed by atoms with E-state index in [0.29, 0.717) is 30.2 Å². The fourth-order valence-corrected chi connectivity index (χ4v) is 6.22. The van der Waals surface area contributed by atoms with Crippen LogP contribution in [0.2, 0.25) is 0 Å². The molecular formula is C32H36FN3O5. The average molecular weight is 562 g/mol. The number of aromatic nitrogens is 2. The van der Waals surface area contributed by atoms with Gasteiger partial charge in [0.15, 0.2) is 11.5 Å². The SMILES string of the molecule is Cc1ccc(C2(C)Oc3cccc(C4CCN(Cc5ncc(/C=C/C(=O)O)n5C[C@@H]5CCCO5)CC4)c3O2)c(F)c1. The molecule has 0 bridgehead atoms. The summed E-state index contributed by atoms with van der Waals surface area (Å²) in [4.78, 5) is 18.2. The molecule has 2 aromatic carbocycles. The summed E-state index contributed by atoms with van der Waals surface area (Å²) < 4.78 is 35.4. The van der Waals surface area contributed by atoms with Crippen molar-refractivity contribution >= 4 is 12.0 Å². The van der Waals surface area contributed by atoms with Crippen molar-refractivity contribution in [1.82, 2.24) is 14.5 Å². The number of benzene rings is 2. The molecule has 0 radical (unpaired) electrons. The number of aliphatic carboxylic acids is 1. The number of hydrogen-bond acceptors (Lipinski definition) is 6. The predicted molar refractivity (Wildman–Crippen MR) is 151 cm³/mol. The molecule has 2 saturated heterocycles. The maximum absolute atomic E-state index is 14.9. The third-order valence-electron chi connectivity index (χ3n) is 8.39. The van der Waals surface area contributed by atoms with Crippen molar-refractivity contribution in [2.75, 3.05) is 19.7 Å². The first-order chi connectivity index (χ1) is 19.8. The van der Waals surface area contributed by atoms with Crippen LogP contribution in [0.3, 0.4) is 0 Å². The van der Waals surface area contributed by atoms with Gasteiger partial charge in [-0.2, -0.15) is 0 Å². The number of ether oxygens (including phenoxy) is 3. The lowest BCUT2D eigenvalue weighted by Gasteiger charge is -2.32. The van der Waals surface area contributed by atoms with Gasteiger partial charge < -0.3 is 23.9 Å². The van der Waals surface area contributed by atoms with E-state index in [4.69, 9.17) is 19.3 Å². The van der Waals surface area contributed by atoms with E-state index >= 15 is 0 Å². The van der Waals surface area contributed by atoms with Gasteiger partial charge in [-0.15, -0.1) is 0 Å². The highest BCUT2D eigenvalue weighted by Gasteiger charge is 2.42. The summed E-state index contributed by atoms with van der Waals surface area (Å²) in [7, 11) is 0. The molecule has 9 heteroatoms. The Morgan fingerprint density at radius 1 is 1.20 bits per heavy atom. The van der Waals surface area contributed by atoms with Gasteiger partial charge in [0.1, 0.15) is 11.6 Å². The van der Waals surface area contributed by atoms with Crippen LogP contribution in [-0.2, 0) is 28.4 Å². The van der Waals surface area contributed by atoms with E-state index < -0.39 is 11.8 Å². The van der Waals surface area contributed by atoms with E-state index in [9.17, 15) is 9.18 Å². The second-order valence-corrected chi connectivity index (χ2v) is 11.4. The van der Waals surface area contributed by atoms with E-state index in [1.54, 1.807) is 25.3 Å². The molecule has 2 atom stereocenters. The van der Waals surface area contributed by atoms with Crippen LogP contribution in [0.15, 0.2) is 48.7 Å². The number of para-hydroxylation sites is 1. The molecule has 1 unspecified atom stereocenters. The predicted octanol–water partition coefficient (Wildman–Crippen LogP) is 5.63. The Morgan fingerprint density at radius 2 is 2.02 bits per heavy atom. The smallest absolute Gasteiger partial charge is 0.328 e. The molecule has 8 nitrogen and oxygen atoms in total. The van der Waals surface area contributed by atoms with Gasteiger partial charge in [0.05, 0.1) is 36.6 Å². The van der Waals surface area contributed by atoms with Crippen LogP contribution in [-0.4, -0.2) is 51.3 Å². The minimum Gasteiger partial charge on any atom is -0.478 e. The Bertz CT molecular complexity index is 1460. The minimum atomic E-state index is -1.22. The Labute approximate surface area is 239 Å². The summed E-state index contributed by atoms with van der Waals surface area (Å²) in [6.07, 6.45) is 8.53. The zero-order valence-electron chi connectivity index (χ0n) is 23.5. The summed E-state index contributed by atoms with van der Waals surface area (Å²) in [6.45, 7) is 7.50. The molecule has 3 aromatic rings. The van der Waals surface area contributed by atoms with Crippen LogP contribution >= 0.6 is 0 Å². The molecule has 1 aromatic heterocycles. The maximum Gasteiger partial charge on any atom is 0.328 e. The number of nitrogens with zero attached hydrogens (tertiary/aromatic N) is 3. The second kappa shape index (κ2) is 11.3. The van der Waals surface area contributed by atoms with Gasteiger partial charge in [-0.05, 0) is 81.5 Å². The number of rotatable bonds is 8. The monoisotopic (exact) mass is 561 g/mol. The number of halogens is 1. The highest BCUT2D eigenvalue weighted by molar-refractivity contribution is 5.84. The quantitative estimate of drug-likeness (QED) is 0.357. The molecule has 1 N–H and O–H groups in total. The number of carboxylic acids is 1. The molecular weight excluding hydrogens is 525 g/mol. The Balaban J connectivity index is 1.14. The molecule has 0 aliphatic carbocycles. The van der Waals surface area contributed by atoms with Crippen molar-refractivity contribution < 1.29 is 28.5 Å². The van der Waals surface area contributed by atoms with Crippen molar-refractivity contribution in [2.24, 2.45) is 0 Å². The van der Waals surface area contributed by atoms with Gasteiger partial charge in [0.2, 0.25) is 0 Å². The third kappa shape index (κ3) is 5.74. The normalized spacial score (nSPS) is 23.0. The summed E-state index contributed by atoms with van der Waals surface area (Å²) >= 11 is 0. The summed E-state index contributed by atoms with van der Waals surface area (Å²) in [5.74, 6) is 0.0112. The lowest BCUT2D eigenvalue weighted by Crippen LogP contribution is -2.34. The Hall–Kier alpha value is -3.69. The first kappa shape index (κ1) is 27.5. The van der Waals surface area contributed by atoms with Crippen LogP contribution in [0.25, 0.3) is 6.08 Å². The number of imidazole rings is 1. The number of likely N-dealkylation sites (tertiary alicyclic amines) is 1. The standard InChI is InChI=1S/C32H36FN3O5/c1-21-8-10-26(27(33)17-21)32(2)40-28-7-3-6-25(31(28)41-32)22-12-14-35(15-13-22)20-29-34-18-23(9-11-30(37)38)36(29)19-24-5-4-16-39-24/h3,6-11,17-18,22,24H,4-5,12-16,19-20H2,1-2H3,(H,37,38)/b11-9+/t24-,32?/m0/s1. The fourth-order valence-electron chi connectivity index (χ4n) is 6.22. The number of carbonyl (C=O) groups is 1. The van der Waals surface area contributed by atoms with Gasteiger partial charge >= 0.3 is 5.97 Å². The van der Waals surface area contributed by atoms with Crippen molar-refractivity contribution in [1.29, 1.82) is 0 Å². The van der Waals surface area contributed by atoms with Crippen LogP contribution in [0, 0.1) is 12.7 Å². The molecule has 3 aliphatic rings. The minimum absolute atomic E-state index is 0.118. The van der Waals surface area contributed by atoms with E-state index in [2.05, 4.69) is 20.5 Å². The van der Waals surface area contributed by atoms with Crippen molar-refractivity contribution in [2.45, 2.75) is 70.4 Å². The van der Waals surface area contributed by atoms with Crippen LogP contribution in [0.5, 0.6) is 11.5 Å². The van der Waals surface area contributed by atoms with E-state index in [1.807, 2.05) is 25.1 Å². The highest BCUT2D eigenvalue weighted by atomic mass is 19.1. The molecule has 216 valence electrons. The molecule has 4 heterocycles. The summed E-state index contributed by atoms with van der Waals surface area (Å²) in [6, 6.07) is 11.1. The zero-order chi connectivity index (χ0) is 28.6. The zero-order valence-corrected chi connectivity index (χ0v) is 23.5.